The third-order valence-electron chi connectivity index (χ3n) is 7.55. The van der Waals surface area contributed by atoms with Crippen molar-refractivity contribution < 1.29 is 19.1 Å². The molecule has 238 valence electrons. The first-order chi connectivity index (χ1) is 21.3. The molecule has 1 aromatic heterocycles. The minimum absolute atomic E-state index is 0.00215. The van der Waals surface area contributed by atoms with E-state index in [1.165, 1.54) is 11.2 Å². The number of carbonyl (C=O) groups excluding carboxylic acids is 2. The number of nitrogens with one attached hydrogen (secondary N) is 3. The van der Waals surface area contributed by atoms with Crippen molar-refractivity contribution in [3.05, 3.63) is 99.6 Å². The van der Waals surface area contributed by atoms with Gasteiger partial charge in [-0.05, 0) is 93.6 Å². The zero-order valence-electron chi connectivity index (χ0n) is 27.1. The lowest BCUT2D eigenvalue weighted by molar-refractivity contribution is 0.0285. The predicted octanol–water partition coefficient (Wildman–Crippen LogP) is 7.51. The molecule has 0 spiro atoms. The van der Waals surface area contributed by atoms with Crippen LogP contribution in [0.15, 0.2) is 71.8 Å². The average Bonchev–Trinajstić information content (AvgIpc) is 2.99. The number of ether oxygens (including phenoxy) is 2. The molecule has 2 atom stereocenters. The molecule has 10 nitrogen and oxygen atoms in total. The van der Waals surface area contributed by atoms with E-state index >= 15 is 0 Å². The molecular formula is C35H43N5O5. The Kier molecular flexibility index (Phi) is 10.5. The molecule has 4 aromatic rings. The Morgan fingerprint density at radius 1 is 1.00 bits per heavy atom. The van der Waals surface area contributed by atoms with Gasteiger partial charge in [0.1, 0.15) is 12.2 Å². The molecule has 3 aromatic carbocycles. The lowest BCUT2D eigenvalue weighted by Crippen LogP contribution is -2.34. The molecule has 1 unspecified atom stereocenters. The van der Waals surface area contributed by atoms with Gasteiger partial charge < -0.3 is 24.7 Å². The van der Waals surface area contributed by atoms with E-state index in [0.717, 1.165) is 34.4 Å². The second-order valence-corrected chi connectivity index (χ2v) is 12.3. The summed E-state index contributed by atoms with van der Waals surface area (Å²) in [6.45, 7) is 12.1. The van der Waals surface area contributed by atoms with Crippen LogP contribution in [0.1, 0.15) is 75.3 Å². The maximum absolute atomic E-state index is 12.7. The highest BCUT2D eigenvalue weighted by atomic mass is 16.6. The molecule has 45 heavy (non-hydrogen) atoms. The van der Waals surface area contributed by atoms with Crippen LogP contribution in [0.3, 0.4) is 0 Å². The maximum atomic E-state index is 12.7. The van der Waals surface area contributed by atoms with E-state index in [9.17, 15) is 14.4 Å². The second-order valence-electron chi connectivity index (χ2n) is 12.3. The zero-order chi connectivity index (χ0) is 32.7. The SMILES string of the molecule is CC[C@@H](COC(=O)Nc1ccc(C)c(CN(C)C(=O)OC(C)(C)C)c1)c1ccc(C(C)Nc2ccc3nc[nH]c(=O)c3c2)cc1. The largest absolute Gasteiger partial charge is 0.449 e. The number of carbonyl (C=O) groups is 2. The van der Waals surface area contributed by atoms with Crippen LogP contribution in [-0.2, 0) is 16.0 Å². The van der Waals surface area contributed by atoms with E-state index < -0.39 is 17.8 Å². The molecule has 0 bridgehead atoms. The lowest BCUT2D eigenvalue weighted by atomic mass is 9.95. The first-order valence-corrected chi connectivity index (χ1v) is 15.1. The van der Waals surface area contributed by atoms with Crippen LogP contribution in [0.25, 0.3) is 10.9 Å². The number of fused-ring (bicyclic) bond motifs is 1. The van der Waals surface area contributed by atoms with E-state index in [1.54, 1.807) is 7.05 Å². The molecule has 0 aliphatic carbocycles. The lowest BCUT2D eigenvalue weighted by Gasteiger charge is -2.25. The standard InChI is InChI=1S/C35H43N5O5/c1-8-24(20-44-33(42)39-28-14-9-22(2)27(17-28)19-40(7)34(43)45-35(4,5)6)26-12-10-25(11-13-26)23(3)38-29-15-16-31-30(18-29)32(41)37-21-36-31/h9-18,21,23-24,38H,8,19-20H2,1-7H3,(H,39,42)(H,36,37,41)/t23?,24-/m0/s1. The number of rotatable bonds is 10. The molecule has 0 fully saturated rings. The fraction of sp³-hybridized carbons (Fsp3) is 0.371. The molecular weight excluding hydrogens is 570 g/mol. The van der Waals surface area contributed by atoms with Crippen LogP contribution < -0.4 is 16.2 Å². The van der Waals surface area contributed by atoms with Crippen molar-refractivity contribution in [1.82, 2.24) is 14.9 Å². The van der Waals surface area contributed by atoms with Crippen LogP contribution in [0.4, 0.5) is 21.0 Å². The Hall–Kier alpha value is -4.86. The summed E-state index contributed by atoms with van der Waals surface area (Å²) in [5.74, 6) is 0.0313. The summed E-state index contributed by atoms with van der Waals surface area (Å²) in [4.78, 5) is 45.6. The van der Waals surface area contributed by atoms with E-state index in [-0.39, 0.29) is 24.1 Å². The van der Waals surface area contributed by atoms with Crippen LogP contribution in [0.5, 0.6) is 0 Å². The van der Waals surface area contributed by atoms with Gasteiger partial charge in [0.2, 0.25) is 0 Å². The third-order valence-corrected chi connectivity index (χ3v) is 7.55. The number of aryl methyl sites for hydroxylation is 1. The average molecular weight is 614 g/mol. The summed E-state index contributed by atoms with van der Waals surface area (Å²) >= 11 is 0. The van der Waals surface area contributed by atoms with Gasteiger partial charge in [-0.25, -0.2) is 14.6 Å². The van der Waals surface area contributed by atoms with Crippen LogP contribution in [0, 0.1) is 6.92 Å². The number of H-pyrrole nitrogens is 1. The fourth-order valence-corrected chi connectivity index (χ4v) is 4.91. The van der Waals surface area contributed by atoms with E-state index in [2.05, 4.69) is 58.7 Å². The summed E-state index contributed by atoms with van der Waals surface area (Å²) in [6.07, 6.45) is 1.25. The number of amides is 2. The van der Waals surface area contributed by atoms with Crippen molar-refractivity contribution in [3.63, 3.8) is 0 Å². The number of aromatic nitrogens is 2. The van der Waals surface area contributed by atoms with Gasteiger partial charge in [-0.15, -0.1) is 0 Å². The van der Waals surface area contributed by atoms with Crippen molar-refractivity contribution in [3.8, 4) is 0 Å². The van der Waals surface area contributed by atoms with Gasteiger partial charge in [-0.3, -0.25) is 10.1 Å². The quantitative estimate of drug-likeness (QED) is 0.169. The van der Waals surface area contributed by atoms with Gasteiger partial charge in [0.15, 0.2) is 0 Å². The van der Waals surface area contributed by atoms with E-state index in [0.29, 0.717) is 23.1 Å². The highest BCUT2D eigenvalue weighted by molar-refractivity contribution is 5.85. The van der Waals surface area contributed by atoms with Crippen molar-refractivity contribution >= 4 is 34.5 Å². The van der Waals surface area contributed by atoms with Gasteiger partial charge in [-0.2, -0.15) is 0 Å². The van der Waals surface area contributed by atoms with Crippen LogP contribution >= 0.6 is 0 Å². The summed E-state index contributed by atoms with van der Waals surface area (Å²) in [5, 5.41) is 6.80. The Labute approximate surface area is 264 Å². The van der Waals surface area contributed by atoms with Crippen molar-refractivity contribution in [2.24, 2.45) is 0 Å². The first-order valence-electron chi connectivity index (χ1n) is 15.1. The van der Waals surface area contributed by atoms with Gasteiger partial charge in [0.25, 0.3) is 5.56 Å². The maximum Gasteiger partial charge on any atom is 0.411 e. The Morgan fingerprint density at radius 3 is 2.38 bits per heavy atom. The van der Waals surface area contributed by atoms with E-state index in [4.69, 9.17) is 9.47 Å². The summed E-state index contributed by atoms with van der Waals surface area (Å²) in [7, 11) is 1.68. The molecule has 0 radical (unpaired) electrons. The molecule has 10 heteroatoms. The summed E-state index contributed by atoms with van der Waals surface area (Å²) in [5.41, 5.74) is 5.36. The fourth-order valence-electron chi connectivity index (χ4n) is 4.91. The van der Waals surface area contributed by atoms with Gasteiger partial charge in [0.05, 0.1) is 17.2 Å². The summed E-state index contributed by atoms with van der Waals surface area (Å²) in [6, 6.07) is 19.3. The number of hydrogen-bond donors (Lipinski definition) is 3. The normalized spacial score (nSPS) is 12.7. The van der Waals surface area contributed by atoms with Gasteiger partial charge in [-0.1, -0.05) is 37.3 Å². The second kappa shape index (κ2) is 14.3. The Balaban J connectivity index is 1.32. The number of benzene rings is 3. The highest BCUT2D eigenvalue weighted by Gasteiger charge is 2.20. The van der Waals surface area contributed by atoms with Crippen molar-refractivity contribution in [1.29, 1.82) is 0 Å². The highest BCUT2D eigenvalue weighted by Crippen LogP contribution is 2.26. The van der Waals surface area contributed by atoms with Gasteiger partial charge in [0, 0.05) is 36.9 Å². The molecule has 3 N–H and O–H groups in total. The van der Waals surface area contributed by atoms with Crippen molar-refractivity contribution in [2.45, 2.75) is 72.1 Å². The predicted molar refractivity (Wildman–Crippen MR) is 178 cm³/mol. The molecule has 0 aliphatic heterocycles. The monoisotopic (exact) mass is 613 g/mol. The molecule has 1 heterocycles. The Bertz CT molecular complexity index is 1690. The number of hydrogen-bond acceptors (Lipinski definition) is 7. The Morgan fingerprint density at radius 2 is 1.69 bits per heavy atom. The minimum atomic E-state index is -0.581. The molecule has 2 amide bonds. The smallest absolute Gasteiger partial charge is 0.411 e. The topological polar surface area (TPSA) is 126 Å². The minimum Gasteiger partial charge on any atom is -0.449 e. The number of nitrogens with zero attached hydrogens (tertiary/aromatic N) is 2. The molecule has 4 rings (SSSR count). The number of aromatic amines is 1. The van der Waals surface area contributed by atoms with Crippen LogP contribution in [0.2, 0.25) is 0 Å². The molecule has 0 aliphatic rings. The summed E-state index contributed by atoms with van der Waals surface area (Å²) < 4.78 is 11.1. The van der Waals surface area contributed by atoms with Crippen molar-refractivity contribution in [2.75, 3.05) is 24.3 Å². The number of anilines is 2. The van der Waals surface area contributed by atoms with Crippen LogP contribution in [-0.4, -0.2) is 46.3 Å². The molecule has 0 saturated heterocycles. The zero-order valence-corrected chi connectivity index (χ0v) is 27.1. The third kappa shape index (κ3) is 9.07. The first kappa shape index (κ1) is 33.0. The van der Waals surface area contributed by atoms with E-state index in [1.807, 2.05) is 64.1 Å². The molecule has 0 saturated carbocycles. The van der Waals surface area contributed by atoms with Gasteiger partial charge >= 0.3 is 12.2 Å².